The Morgan fingerprint density at radius 2 is 1.96 bits per heavy atom. The molecule has 1 aliphatic heterocycles. The monoisotopic (exact) mass is 351 g/mol. The molecule has 1 aliphatic rings. The minimum absolute atomic E-state index is 0.0506. The van der Waals surface area contributed by atoms with Crippen LogP contribution in [-0.2, 0) is 4.79 Å². The SMILES string of the molecule is CC(=O)N1CCC(COc2cccc(O)c2C=O)=C(c2ccccc2)C1. The van der Waals surface area contributed by atoms with Crippen LogP contribution >= 0.6 is 0 Å². The summed E-state index contributed by atoms with van der Waals surface area (Å²) in [5, 5.41) is 9.79. The number of carbonyl (C=O) groups is 2. The molecule has 0 aromatic heterocycles. The van der Waals surface area contributed by atoms with Crippen molar-refractivity contribution in [1.29, 1.82) is 0 Å². The third kappa shape index (κ3) is 3.77. The van der Waals surface area contributed by atoms with E-state index in [0.29, 0.717) is 38.2 Å². The zero-order chi connectivity index (χ0) is 18.5. The Morgan fingerprint density at radius 3 is 2.65 bits per heavy atom. The summed E-state index contributed by atoms with van der Waals surface area (Å²) >= 11 is 0. The van der Waals surface area contributed by atoms with Crippen molar-refractivity contribution >= 4 is 17.8 Å². The average Bonchev–Trinajstić information content (AvgIpc) is 2.67. The van der Waals surface area contributed by atoms with Gasteiger partial charge >= 0.3 is 0 Å². The number of nitrogens with zero attached hydrogens (tertiary/aromatic N) is 1. The summed E-state index contributed by atoms with van der Waals surface area (Å²) in [4.78, 5) is 24.8. The number of aromatic hydroxyl groups is 1. The van der Waals surface area contributed by atoms with Gasteiger partial charge in [0.15, 0.2) is 6.29 Å². The molecule has 5 nitrogen and oxygen atoms in total. The van der Waals surface area contributed by atoms with Gasteiger partial charge in [0, 0.05) is 20.0 Å². The minimum Gasteiger partial charge on any atom is -0.507 e. The molecular weight excluding hydrogens is 330 g/mol. The molecule has 0 fully saturated rings. The summed E-state index contributed by atoms with van der Waals surface area (Å²) < 4.78 is 5.84. The molecule has 2 aromatic rings. The number of phenols is 1. The van der Waals surface area contributed by atoms with Crippen LogP contribution in [0.4, 0.5) is 0 Å². The highest BCUT2D eigenvalue weighted by Crippen LogP contribution is 2.30. The predicted octanol–water partition coefficient (Wildman–Crippen LogP) is 3.29. The molecular formula is C21H21NO4. The topological polar surface area (TPSA) is 66.8 Å². The lowest BCUT2D eigenvalue weighted by molar-refractivity contribution is -0.128. The average molecular weight is 351 g/mol. The first kappa shape index (κ1) is 17.7. The van der Waals surface area contributed by atoms with E-state index in [-0.39, 0.29) is 17.2 Å². The first-order valence-electron chi connectivity index (χ1n) is 8.52. The van der Waals surface area contributed by atoms with Crippen LogP contribution in [0.1, 0.15) is 29.3 Å². The van der Waals surface area contributed by atoms with Crippen LogP contribution in [0.2, 0.25) is 0 Å². The maximum Gasteiger partial charge on any atom is 0.219 e. The molecule has 0 saturated carbocycles. The molecule has 0 unspecified atom stereocenters. The molecule has 5 heteroatoms. The Kier molecular flexibility index (Phi) is 5.37. The van der Waals surface area contributed by atoms with Crippen LogP contribution < -0.4 is 4.74 Å². The first-order valence-corrected chi connectivity index (χ1v) is 8.52. The third-order valence-corrected chi connectivity index (χ3v) is 4.59. The van der Waals surface area contributed by atoms with Gasteiger partial charge in [-0.15, -0.1) is 0 Å². The summed E-state index contributed by atoms with van der Waals surface area (Å²) in [6, 6.07) is 14.7. The lowest BCUT2D eigenvalue weighted by Gasteiger charge is -2.30. The molecule has 2 aromatic carbocycles. The molecule has 1 amide bonds. The van der Waals surface area contributed by atoms with Gasteiger partial charge in [-0.25, -0.2) is 0 Å². The summed E-state index contributed by atoms with van der Waals surface area (Å²) in [5.74, 6) is 0.310. The number of phenolic OH excluding ortho intramolecular Hbond substituents is 1. The minimum atomic E-state index is -0.0961. The van der Waals surface area contributed by atoms with E-state index in [2.05, 4.69) is 0 Å². The maximum absolute atomic E-state index is 11.8. The second-order valence-corrected chi connectivity index (χ2v) is 6.23. The van der Waals surface area contributed by atoms with Gasteiger partial charge in [-0.3, -0.25) is 9.59 Å². The van der Waals surface area contributed by atoms with E-state index in [4.69, 9.17) is 4.74 Å². The number of hydrogen-bond donors (Lipinski definition) is 1. The molecule has 0 aliphatic carbocycles. The van der Waals surface area contributed by atoms with E-state index in [1.165, 1.54) is 6.07 Å². The molecule has 3 rings (SSSR count). The van der Waals surface area contributed by atoms with Gasteiger partial charge in [0.1, 0.15) is 18.1 Å². The Bertz CT molecular complexity index is 842. The zero-order valence-electron chi connectivity index (χ0n) is 14.6. The van der Waals surface area contributed by atoms with Crippen molar-refractivity contribution in [3.05, 3.63) is 65.2 Å². The number of ether oxygens (including phenoxy) is 1. The molecule has 1 N–H and O–H groups in total. The summed E-state index contributed by atoms with van der Waals surface area (Å²) in [7, 11) is 0. The van der Waals surface area contributed by atoms with Crippen LogP contribution in [0, 0.1) is 0 Å². The lowest BCUT2D eigenvalue weighted by Crippen LogP contribution is -2.35. The van der Waals surface area contributed by atoms with E-state index in [1.807, 2.05) is 35.2 Å². The van der Waals surface area contributed by atoms with Gasteiger partial charge in [0.25, 0.3) is 0 Å². The number of carbonyl (C=O) groups excluding carboxylic acids is 2. The summed E-state index contributed by atoms with van der Waals surface area (Å²) in [5.41, 5.74) is 3.37. The van der Waals surface area contributed by atoms with Crippen molar-refractivity contribution in [2.45, 2.75) is 13.3 Å². The second kappa shape index (κ2) is 7.87. The van der Waals surface area contributed by atoms with Crippen molar-refractivity contribution in [3.8, 4) is 11.5 Å². The number of amides is 1. The van der Waals surface area contributed by atoms with E-state index >= 15 is 0 Å². The van der Waals surface area contributed by atoms with Gasteiger partial charge in [-0.1, -0.05) is 36.4 Å². The van der Waals surface area contributed by atoms with Crippen molar-refractivity contribution in [3.63, 3.8) is 0 Å². The van der Waals surface area contributed by atoms with Crippen molar-refractivity contribution in [2.24, 2.45) is 0 Å². The molecule has 0 radical (unpaired) electrons. The molecule has 1 heterocycles. The largest absolute Gasteiger partial charge is 0.507 e. The molecule has 0 spiro atoms. The Hall–Kier alpha value is -3.08. The number of aldehydes is 1. The third-order valence-electron chi connectivity index (χ3n) is 4.59. The second-order valence-electron chi connectivity index (χ2n) is 6.23. The Labute approximate surface area is 152 Å². The summed E-state index contributed by atoms with van der Waals surface area (Å²) in [6.45, 7) is 3.07. The lowest BCUT2D eigenvalue weighted by atomic mass is 9.94. The number of benzene rings is 2. The van der Waals surface area contributed by atoms with Crippen LogP contribution in [0.15, 0.2) is 54.1 Å². The molecule has 134 valence electrons. The number of hydrogen-bond acceptors (Lipinski definition) is 4. The van der Waals surface area contributed by atoms with Crippen LogP contribution in [0.5, 0.6) is 11.5 Å². The molecule has 0 saturated heterocycles. The Balaban J connectivity index is 1.89. The van der Waals surface area contributed by atoms with Gasteiger partial charge < -0.3 is 14.7 Å². The van der Waals surface area contributed by atoms with E-state index in [1.54, 1.807) is 19.1 Å². The first-order chi connectivity index (χ1) is 12.6. The Morgan fingerprint density at radius 1 is 1.19 bits per heavy atom. The van der Waals surface area contributed by atoms with Gasteiger partial charge in [0.2, 0.25) is 5.91 Å². The van der Waals surface area contributed by atoms with E-state index in [9.17, 15) is 14.7 Å². The number of rotatable bonds is 5. The maximum atomic E-state index is 11.8. The van der Waals surface area contributed by atoms with Crippen molar-refractivity contribution in [2.75, 3.05) is 19.7 Å². The van der Waals surface area contributed by atoms with Crippen LogP contribution in [0.25, 0.3) is 5.57 Å². The van der Waals surface area contributed by atoms with Crippen LogP contribution in [0.3, 0.4) is 0 Å². The molecule has 0 atom stereocenters. The fourth-order valence-corrected chi connectivity index (χ4v) is 3.11. The van der Waals surface area contributed by atoms with E-state index in [0.717, 1.165) is 16.7 Å². The quantitative estimate of drug-likeness (QED) is 0.840. The highest BCUT2D eigenvalue weighted by atomic mass is 16.5. The normalized spacial score (nSPS) is 14.3. The standard InChI is InChI=1S/C21H21NO4/c1-15(24)22-11-10-17(18(12-22)16-6-3-2-4-7-16)14-26-21-9-5-8-20(25)19(21)13-23/h2-9,13,25H,10-12,14H2,1H3. The molecule has 0 bridgehead atoms. The summed E-state index contributed by atoms with van der Waals surface area (Å²) in [6.07, 6.45) is 1.30. The van der Waals surface area contributed by atoms with Gasteiger partial charge in [0.05, 0.1) is 5.56 Å². The van der Waals surface area contributed by atoms with Gasteiger partial charge in [-0.05, 0) is 35.3 Å². The fourth-order valence-electron chi connectivity index (χ4n) is 3.11. The highest BCUT2D eigenvalue weighted by Gasteiger charge is 2.22. The smallest absolute Gasteiger partial charge is 0.219 e. The molecule has 26 heavy (non-hydrogen) atoms. The van der Waals surface area contributed by atoms with Gasteiger partial charge in [-0.2, -0.15) is 0 Å². The zero-order valence-corrected chi connectivity index (χ0v) is 14.6. The highest BCUT2D eigenvalue weighted by molar-refractivity contribution is 5.83. The van der Waals surface area contributed by atoms with Crippen LogP contribution in [-0.4, -0.2) is 41.9 Å². The van der Waals surface area contributed by atoms with E-state index < -0.39 is 0 Å². The fraction of sp³-hybridized carbons (Fsp3) is 0.238. The predicted molar refractivity (Wildman–Crippen MR) is 99.2 cm³/mol. The van der Waals surface area contributed by atoms with Crippen molar-refractivity contribution in [1.82, 2.24) is 4.90 Å². The van der Waals surface area contributed by atoms with Crippen molar-refractivity contribution < 1.29 is 19.4 Å².